The number of phenols is 1. The quantitative estimate of drug-likeness (QED) is 0.712. The highest BCUT2D eigenvalue weighted by molar-refractivity contribution is 6.05. The Balaban J connectivity index is 2.21. The van der Waals surface area contributed by atoms with Crippen molar-refractivity contribution in [3.05, 3.63) is 53.8 Å². The molecule has 0 aliphatic carbocycles. The molecule has 0 heterocycles. The lowest BCUT2D eigenvalue weighted by atomic mass is 10.2. The van der Waals surface area contributed by atoms with Crippen LogP contribution >= 0.6 is 0 Å². The van der Waals surface area contributed by atoms with Gasteiger partial charge in [0.05, 0.1) is 11.4 Å². The number of nitrogens with two attached hydrogens (primary N) is 1. The normalized spacial score (nSPS) is 10.1. The van der Waals surface area contributed by atoms with Crippen LogP contribution in [0.1, 0.15) is 10.4 Å². The molecule has 18 heavy (non-hydrogen) atoms. The van der Waals surface area contributed by atoms with E-state index < -0.39 is 11.7 Å². The lowest BCUT2D eigenvalue weighted by molar-refractivity contribution is 0.102. The first-order valence-electron chi connectivity index (χ1n) is 5.21. The number of anilines is 2. The predicted molar refractivity (Wildman–Crippen MR) is 66.9 cm³/mol. The van der Waals surface area contributed by atoms with E-state index in [0.717, 1.165) is 6.07 Å². The van der Waals surface area contributed by atoms with Crippen molar-refractivity contribution in [2.75, 3.05) is 11.1 Å². The SMILES string of the molecule is Nc1cc(F)ccc1NC(=O)c1cccc(O)c1. The smallest absolute Gasteiger partial charge is 0.255 e. The molecule has 0 spiro atoms. The number of benzene rings is 2. The van der Waals surface area contributed by atoms with E-state index in [-0.39, 0.29) is 11.4 Å². The first-order chi connectivity index (χ1) is 8.56. The van der Waals surface area contributed by atoms with E-state index >= 15 is 0 Å². The molecule has 0 saturated heterocycles. The van der Waals surface area contributed by atoms with Crippen LogP contribution in [0.2, 0.25) is 0 Å². The number of hydrogen-bond donors (Lipinski definition) is 3. The number of rotatable bonds is 2. The highest BCUT2D eigenvalue weighted by atomic mass is 19.1. The fraction of sp³-hybridized carbons (Fsp3) is 0. The van der Waals surface area contributed by atoms with Crippen LogP contribution in [0.4, 0.5) is 15.8 Å². The van der Waals surface area contributed by atoms with E-state index in [4.69, 9.17) is 5.73 Å². The van der Waals surface area contributed by atoms with E-state index in [1.54, 1.807) is 12.1 Å². The number of nitrogen functional groups attached to an aromatic ring is 1. The largest absolute Gasteiger partial charge is 0.508 e. The van der Waals surface area contributed by atoms with Gasteiger partial charge in [0, 0.05) is 5.56 Å². The number of carbonyl (C=O) groups excluding carboxylic acids is 1. The molecule has 0 unspecified atom stereocenters. The molecule has 0 fully saturated rings. The summed E-state index contributed by atoms with van der Waals surface area (Å²) in [6.45, 7) is 0. The van der Waals surface area contributed by atoms with Gasteiger partial charge in [-0.05, 0) is 36.4 Å². The fourth-order valence-electron chi connectivity index (χ4n) is 1.49. The van der Waals surface area contributed by atoms with Gasteiger partial charge in [0.15, 0.2) is 0 Å². The molecule has 0 saturated carbocycles. The summed E-state index contributed by atoms with van der Waals surface area (Å²) in [7, 11) is 0. The number of amides is 1. The van der Waals surface area contributed by atoms with E-state index in [1.807, 2.05) is 0 Å². The zero-order valence-corrected chi connectivity index (χ0v) is 9.35. The summed E-state index contributed by atoms with van der Waals surface area (Å²) >= 11 is 0. The van der Waals surface area contributed by atoms with Gasteiger partial charge in [0.25, 0.3) is 5.91 Å². The van der Waals surface area contributed by atoms with Crippen molar-refractivity contribution in [1.29, 1.82) is 0 Å². The Hall–Kier alpha value is -2.56. The van der Waals surface area contributed by atoms with Crippen molar-refractivity contribution in [1.82, 2.24) is 0 Å². The van der Waals surface area contributed by atoms with Crippen LogP contribution in [0.25, 0.3) is 0 Å². The van der Waals surface area contributed by atoms with E-state index in [9.17, 15) is 14.3 Å². The number of phenolic OH excluding ortho intramolecular Hbond substituents is 1. The van der Waals surface area contributed by atoms with Gasteiger partial charge in [-0.3, -0.25) is 4.79 Å². The first-order valence-corrected chi connectivity index (χ1v) is 5.21. The molecule has 2 rings (SSSR count). The Morgan fingerprint density at radius 2 is 2.00 bits per heavy atom. The molecular weight excluding hydrogens is 235 g/mol. The Kier molecular flexibility index (Phi) is 3.14. The van der Waals surface area contributed by atoms with Crippen LogP contribution in [-0.4, -0.2) is 11.0 Å². The summed E-state index contributed by atoms with van der Waals surface area (Å²) in [5.74, 6) is -0.901. The van der Waals surface area contributed by atoms with Gasteiger partial charge >= 0.3 is 0 Å². The van der Waals surface area contributed by atoms with Gasteiger partial charge in [-0.25, -0.2) is 4.39 Å². The fourth-order valence-corrected chi connectivity index (χ4v) is 1.49. The summed E-state index contributed by atoms with van der Waals surface area (Å²) in [4.78, 5) is 11.8. The Labute approximate surface area is 103 Å². The number of hydrogen-bond acceptors (Lipinski definition) is 3. The van der Waals surface area contributed by atoms with Crippen molar-refractivity contribution in [2.45, 2.75) is 0 Å². The molecule has 1 amide bonds. The van der Waals surface area contributed by atoms with Gasteiger partial charge in [-0.2, -0.15) is 0 Å². The van der Waals surface area contributed by atoms with Gasteiger partial charge in [0.2, 0.25) is 0 Å². The van der Waals surface area contributed by atoms with Crippen LogP contribution in [-0.2, 0) is 0 Å². The van der Waals surface area contributed by atoms with Crippen molar-refractivity contribution in [3.8, 4) is 5.75 Å². The topological polar surface area (TPSA) is 75.3 Å². The number of aromatic hydroxyl groups is 1. The zero-order chi connectivity index (χ0) is 13.1. The summed E-state index contributed by atoms with van der Waals surface area (Å²) in [6.07, 6.45) is 0. The van der Waals surface area contributed by atoms with Crippen LogP contribution in [0.5, 0.6) is 5.75 Å². The van der Waals surface area contributed by atoms with E-state index in [1.165, 1.54) is 24.3 Å². The maximum atomic E-state index is 12.8. The second-order valence-electron chi connectivity index (χ2n) is 3.74. The maximum Gasteiger partial charge on any atom is 0.255 e. The molecule has 0 aliphatic heterocycles. The Bertz CT molecular complexity index is 599. The van der Waals surface area contributed by atoms with E-state index in [2.05, 4.69) is 5.32 Å². The minimum atomic E-state index is -0.470. The maximum absolute atomic E-state index is 12.8. The summed E-state index contributed by atoms with van der Waals surface area (Å²) in [5, 5.41) is 11.8. The van der Waals surface area contributed by atoms with Gasteiger partial charge < -0.3 is 16.2 Å². The molecule has 0 radical (unpaired) electrons. The molecular formula is C13H11FN2O2. The summed E-state index contributed by atoms with van der Waals surface area (Å²) in [6, 6.07) is 9.60. The minimum absolute atomic E-state index is 0.00488. The average Bonchev–Trinajstić information content (AvgIpc) is 2.32. The molecule has 2 aromatic carbocycles. The van der Waals surface area contributed by atoms with Gasteiger partial charge in [-0.1, -0.05) is 6.07 Å². The molecule has 0 aliphatic rings. The van der Waals surface area contributed by atoms with Crippen LogP contribution in [0.15, 0.2) is 42.5 Å². The van der Waals surface area contributed by atoms with Gasteiger partial charge in [-0.15, -0.1) is 0 Å². The third-order valence-electron chi connectivity index (χ3n) is 2.37. The molecule has 4 N–H and O–H groups in total. The number of nitrogens with one attached hydrogen (secondary N) is 1. The van der Waals surface area contributed by atoms with E-state index in [0.29, 0.717) is 11.3 Å². The molecule has 4 nitrogen and oxygen atoms in total. The Morgan fingerprint density at radius 1 is 1.22 bits per heavy atom. The highest BCUT2D eigenvalue weighted by Gasteiger charge is 2.09. The predicted octanol–water partition coefficient (Wildman–Crippen LogP) is 2.37. The average molecular weight is 246 g/mol. The van der Waals surface area contributed by atoms with Gasteiger partial charge in [0.1, 0.15) is 11.6 Å². The standard InChI is InChI=1S/C13H11FN2O2/c14-9-4-5-12(11(15)7-9)16-13(18)8-2-1-3-10(17)6-8/h1-7,17H,15H2,(H,16,18). The first kappa shape index (κ1) is 11.9. The molecule has 5 heteroatoms. The molecule has 2 aromatic rings. The van der Waals surface area contributed by atoms with Crippen molar-refractivity contribution in [3.63, 3.8) is 0 Å². The van der Waals surface area contributed by atoms with Crippen LogP contribution in [0, 0.1) is 5.82 Å². The monoisotopic (exact) mass is 246 g/mol. The molecule has 92 valence electrons. The summed E-state index contributed by atoms with van der Waals surface area (Å²) < 4.78 is 12.8. The van der Waals surface area contributed by atoms with Crippen molar-refractivity contribution in [2.24, 2.45) is 0 Å². The summed E-state index contributed by atoms with van der Waals surface area (Å²) in [5.41, 5.74) is 6.33. The lowest BCUT2D eigenvalue weighted by Crippen LogP contribution is -2.13. The number of carbonyl (C=O) groups is 1. The highest BCUT2D eigenvalue weighted by Crippen LogP contribution is 2.20. The van der Waals surface area contributed by atoms with Crippen LogP contribution in [0.3, 0.4) is 0 Å². The molecule has 0 aromatic heterocycles. The zero-order valence-electron chi connectivity index (χ0n) is 9.35. The third kappa shape index (κ3) is 2.57. The molecule has 0 atom stereocenters. The molecule has 0 bridgehead atoms. The minimum Gasteiger partial charge on any atom is -0.508 e. The lowest BCUT2D eigenvalue weighted by Gasteiger charge is -2.08. The number of halogens is 1. The second-order valence-corrected chi connectivity index (χ2v) is 3.74. The third-order valence-corrected chi connectivity index (χ3v) is 2.37. The van der Waals surface area contributed by atoms with Crippen molar-refractivity contribution < 1.29 is 14.3 Å². The second kappa shape index (κ2) is 4.75. The Morgan fingerprint density at radius 3 is 2.67 bits per heavy atom. The van der Waals surface area contributed by atoms with Crippen molar-refractivity contribution >= 4 is 17.3 Å². The van der Waals surface area contributed by atoms with Crippen LogP contribution < -0.4 is 11.1 Å².